The lowest BCUT2D eigenvalue weighted by Gasteiger charge is -2.32. The van der Waals surface area contributed by atoms with Crippen molar-refractivity contribution in [3.63, 3.8) is 0 Å². The van der Waals surface area contributed by atoms with Gasteiger partial charge in [0.1, 0.15) is 5.75 Å². The van der Waals surface area contributed by atoms with E-state index in [1.54, 1.807) is 19.4 Å². The molecule has 182 valence electrons. The monoisotopic (exact) mass is 468 g/mol. The third-order valence-electron chi connectivity index (χ3n) is 6.32. The van der Waals surface area contributed by atoms with Crippen molar-refractivity contribution in [2.75, 3.05) is 31.7 Å². The van der Waals surface area contributed by atoms with E-state index < -0.39 is 6.10 Å². The third-order valence-corrected chi connectivity index (χ3v) is 6.32. The summed E-state index contributed by atoms with van der Waals surface area (Å²) < 4.78 is 16.6. The van der Waals surface area contributed by atoms with Crippen LogP contribution >= 0.6 is 0 Å². The number of nitrogens with zero attached hydrogens (tertiary/aromatic N) is 3. The van der Waals surface area contributed by atoms with Gasteiger partial charge in [-0.3, -0.25) is 9.59 Å². The average molecular weight is 469 g/mol. The number of aromatic nitrogens is 2. The van der Waals surface area contributed by atoms with Crippen LogP contribution in [0.25, 0.3) is 0 Å². The summed E-state index contributed by atoms with van der Waals surface area (Å²) in [5.74, 6) is 0.861. The highest BCUT2D eigenvalue weighted by atomic mass is 16.5. The Hall–Kier alpha value is -3.36. The average Bonchev–Trinajstić information content (AvgIpc) is 2.87. The molecule has 34 heavy (non-hydrogen) atoms. The number of anilines is 1. The van der Waals surface area contributed by atoms with Crippen LogP contribution in [-0.4, -0.2) is 54.8 Å². The van der Waals surface area contributed by atoms with Crippen molar-refractivity contribution >= 4 is 17.8 Å². The second-order valence-corrected chi connectivity index (χ2v) is 9.00. The molecule has 4 rings (SSSR count). The summed E-state index contributed by atoms with van der Waals surface area (Å²) in [6.45, 7) is 5.56. The Morgan fingerprint density at radius 2 is 1.91 bits per heavy atom. The molecule has 1 N–H and O–H groups in total. The Morgan fingerprint density at radius 1 is 1.15 bits per heavy atom. The predicted octanol–water partition coefficient (Wildman–Crippen LogP) is 2.91. The molecule has 2 atom stereocenters. The summed E-state index contributed by atoms with van der Waals surface area (Å²) in [4.78, 5) is 36.8. The summed E-state index contributed by atoms with van der Waals surface area (Å²) in [6.07, 6.45) is 2.71. The number of fused-ring (bicyclic) bond motifs is 1. The first-order chi connectivity index (χ1) is 16.5. The molecular formula is C25H32N4O5. The van der Waals surface area contributed by atoms with Crippen LogP contribution in [0, 0.1) is 11.8 Å². The van der Waals surface area contributed by atoms with Gasteiger partial charge in [-0.25, -0.2) is 4.98 Å². The van der Waals surface area contributed by atoms with Crippen molar-refractivity contribution in [1.82, 2.24) is 15.3 Å². The van der Waals surface area contributed by atoms with Gasteiger partial charge in [0.2, 0.25) is 11.8 Å². The molecule has 9 heteroatoms. The van der Waals surface area contributed by atoms with Gasteiger partial charge >= 0.3 is 5.97 Å². The minimum atomic E-state index is -0.845. The lowest BCUT2D eigenvalue weighted by Crippen LogP contribution is -2.45. The molecule has 1 saturated heterocycles. The maximum Gasteiger partial charge on any atom is 0.309 e. The van der Waals surface area contributed by atoms with Gasteiger partial charge in [-0.05, 0) is 24.8 Å². The first-order valence-electron chi connectivity index (χ1n) is 11.8. The second kappa shape index (κ2) is 10.7. The quantitative estimate of drug-likeness (QED) is 0.619. The van der Waals surface area contributed by atoms with E-state index in [1.165, 1.54) is 0 Å². The second-order valence-electron chi connectivity index (χ2n) is 9.00. The van der Waals surface area contributed by atoms with E-state index in [0.29, 0.717) is 50.8 Å². The summed E-state index contributed by atoms with van der Waals surface area (Å²) in [6, 6.07) is 9.22. The number of amides is 1. The number of carbonyl (C=O) groups excluding carboxylic acids is 2. The van der Waals surface area contributed by atoms with E-state index in [2.05, 4.69) is 15.3 Å². The van der Waals surface area contributed by atoms with E-state index in [4.69, 9.17) is 14.2 Å². The number of esters is 1. The van der Waals surface area contributed by atoms with Gasteiger partial charge in [-0.2, -0.15) is 4.98 Å². The fourth-order valence-corrected chi connectivity index (χ4v) is 4.37. The highest BCUT2D eigenvalue weighted by Crippen LogP contribution is 2.32. The van der Waals surface area contributed by atoms with Crippen LogP contribution in [0.1, 0.15) is 44.7 Å². The van der Waals surface area contributed by atoms with Crippen LogP contribution in [-0.2, 0) is 14.3 Å². The highest BCUT2D eigenvalue weighted by molar-refractivity contribution is 5.85. The number of hydrogen-bond acceptors (Lipinski definition) is 8. The van der Waals surface area contributed by atoms with Crippen LogP contribution in [0.3, 0.4) is 0 Å². The first-order valence-corrected chi connectivity index (χ1v) is 11.8. The van der Waals surface area contributed by atoms with Crippen LogP contribution in [0.15, 0.2) is 36.5 Å². The van der Waals surface area contributed by atoms with E-state index in [-0.39, 0.29) is 29.8 Å². The minimum absolute atomic E-state index is 0.149. The smallest absolute Gasteiger partial charge is 0.309 e. The van der Waals surface area contributed by atoms with Gasteiger partial charge in [-0.15, -0.1) is 0 Å². The largest absolute Gasteiger partial charge is 0.493 e. The van der Waals surface area contributed by atoms with Gasteiger partial charge in [0.25, 0.3) is 5.91 Å². The van der Waals surface area contributed by atoms with Crippen LogP contribution in [0.4, 0.5) is 5.95 Å². The zero-order valence-corrected chi connectivity index (χ0v) is 19.9. The molecule has 1 amide bonds. The molecule has 0 saturated carbocycles. The topological polar surface area (TPSA) is 103 Å². The molecule has 1 aromatic heterocycles. The number of hydrogen-bond donors (Lipinski definition) is 1. The van der Waals surface area contributed by atoms with Crippen molar-refractivity contribution in [2.24, 2.45) is 11.8 Å². The highest BCUT2D eigenvalue weighted by Gasteiger charge is 2.34. The maximum absolute atomic E-state index is 13.1. The number of benzene rings is 1. The number of carbonyl (C=O) groups is 2. The molecule has 0 unspecified atom stereocenters. The zero-order chi connectivity index (χ0) is 24.1. The number of para-hydroxylation sites is 1. The predicted molar refractivity (Wildman–Crippen MR) is 126 cm³/mol. The lowest BCUT2D eigenvalue weighted by atomic mass is 9.96. The van der Waals surface area contributed by atoms with E-state index in [9.17, 15) is 9.59 Å². The van der Waals surface area contributed by atoms with Crippen molar-refractivity contribution in [3.8, 4) is 11.6 Å². The van der Waals surface area contributed by atoms with Crippen molar-refractivity contribution in [2.45, 2.75) is 45.3 Å². The summed E-state index contributed by atoms with van der Waals surface area (Å²) in [5.41, 5.74) is 0.947. The number of rotatable bonds is 7. The molecule has 1 aromatic carbocycles. The fraction of sp³-hybridized carbons (Fsp3) is 0.520. The molecule has 2 aliphatic heterocycles. The van der Waals surface area contributed by atoms with Gasteiger partial charge < -0.3 is 24.4 Å². The Balaban J connectivity index is 1.34. The van der Waals surface area contributed by atoms with Crippen molar-refractivity contribution in [1.29, 1.82) is 0 Å². The Labute approximate surface area is 199 Å². The molecule has 0 radical (unpaired) electrons. The fourth-order valence-electron chi connectivity index (χ4n) is 4.37. The minimum Gasteiger partial charge on any atom is -0.493 e. The van der Waals surface area contributed by atoms with Gasteiger partial charge in [-0.1, -0.05) is 32.0 Å². The molecule has 0 aliphatic carbocycles. The number of ether oxygens (including phenoxy) is 3. The summed E-state index contributed by atoms with van der Waals surface area (Å²) in [7, 11) is 1.57. The third kappa shape index (κ3) is 5.40. The van der Waals surface area contributed by atoms with Crippen LogP contribution in [0.2, 0.25) is 0 Å². The Morgan fingerprint density at radius 3 is 2.65 bits per heavy atom. The standard InChI is InChI=1S/C25H32N4O5/c1-16(2)22(23(30)27-19-11-15-33-20-7-5-4-6-18(19)20)34-24(31)17-9-13-29(14-10-17)25-26-12-8-21(28-25)32-3/h4-8,12,16-17,19,22H,9-11,13-15H2,1-3H3,(H,27,30)/t19-,22-/m0/s1. The summed E-state index contributed by atoms with van der Waals surface area (Å²) >= 11 is 0. The van der Waals surface area contributed by atoms with Crippen LogP contribution < -0.4 is 19.7 Å². The van der Waals surface area contributed by atoms with Crippen molar-refractivity contribution in [3.05, 3.63) is 42.1 Å². The first kappa shape index (κ1) is 23.8. The van der Waals surface area contributed by atoms with Gasteiger partial charge in [0.05, 0.1) is 25.7 Å². The molecule has 9 nitrogen and oxygen atoms in total. The molecular weight excluding hydrogens is 436 g/mol. The van der Waals surface area contributed by atoms with Gasteiger partial charge in [0, 0.05) is 37.3 Å². The molecule has 1 fully saturated rings. The maximum atomic E-state index is 13.1. The zero-order valence-electron chi connectivity index (χ0n) is 19.9. The number of methoxy groups -OCH3 is 1. The number of piperidine rings is 1. The number of nitrogens with one attached hydrogen (secondary N) is 1. The lowest BCUT2D eigenvalue weighted by molar-refractivity contribution is -0.163. The summed E-state index contributed by atoms with van der Waals surface area (Å²) in [5, 5.41) is 3.07. The SMILES string of the molecule is COc1ccnc(N2CCC(C(=O)O[C@H](C(=O)N[C@H]3CCOc4ccccc43)C(C)C)CC2)n1. The van der Waals surface area contributed by atoms with Crippen molar-refractivity contribution < 1.29 is 23.8 Å². The van der Waals surface area contributed by atoms with E-state index in [1.807, 2.05) is 43.0 Å². The molecule has 2 aromatic rings. The molecule has 2 aliphatic rings. The molecule has 0 spiro atoms. The molecule has 0 bridgehead atoms. The Kier molecular flexibility index (Phi) is 7.49. The van der Waals surface area contributed by atoms with Gasteiger partial charge in [0.15, 0.2) is 6.10 Å². The normalized spacial score (nSPS) is 19.1. The Bertz CT molecular complexity index is 1010. The van der Waals surface area contributed by atoms with Crippen LogP contribution in [0.5, 0.6) is 11.6 Å². The van der Waals surface area contributed by atoms with E-state index >= 15 is 0 Å². The van der Waals surface area contributed by atoms with E-state index in [0.717, 1.165) is 11.3 Å². The molecule has 3 heterocycles.